The topological polar surface area (TPSA) is 80.6 Å². The third kappa shape index (κ3) is 3.39. The number of fused-ring (bicyclic) bond motifs is 1. The van der Waals surface area contributed by atoms with Crippen molar-refractivity contribution in [1.29, 1.82) is 0 Å². The number of furan rings is 1. The van der Waals surface area contributed by atoms with Crippen LogP contribution in [0.4, 0.5) is 0 Å². The van der Waals surface area contributed by atoms with Gasteiger partial charge < -0.3 is 19.8 Å². The van der Waals surface area contributed by atoms with Crippen molar-refractivity contribution in [2.24, 2.45) is 0 Å². The van der Waals surface area contributed by atoms with Crippen LogP contribution in [0, 0.1) is 6.92 Å². The molecular weight excluding hydrogens is 332 g/mol. The number of carbonyl (C=O) groups excluding carboxylic acids is 2. The van der Waals surface area contributed by atoms with Gasteiger partial charge in [-0.1, -0.05) is 12.1 Å². The Morgan fingerprint density at radius 1 is 1.08 bits per heavy atom. The van der Waals surface area contributed by atoms with Crippen LogP contribution in [0.15, 0.2) is 46.9 Å². The summed E-state index contributed by atoms with van der Waals surface area (Å²) in [7, 11) is 3.18. The lowest BCUT2D eigenvalue weighted by molar-refractivity contribution is 0.0922. The number of methoxy groups -OCH3 is 1. The lowest BCUT2D eigenvalue weighted by Crippen LogP contribution is -2.23. The van der Waals surface area contributed by atoms with Crippen LogP contribution in [0.1, 0.15) is 32.0 Å². The first-order valence-corrected chi connectivity index (χ1v) is 8.20. The summed E-state index contributed by atoms with van der Waals surface area (Å²) in [6.07, 6.45) is 0. The van der Waals surface area contributed by atoms with Gasteiger partial charge in [0.1, 0.15) is 11.3 Å². The molecule has 1 heterocycles. The summed E-state index contributed by atoms with van der Waals surface area (Å²) < 4.78 is 10.9. The van der Waals surface area contributed by atoms with Crippen molar-refractivity contribution in [3.63, 3.8) is 0 Å². The Morgan fingerprint density at radius 3 is 2.46 bits per heavy atom. The molecule has 0 aliphatic carbocycles. The number of rotatable bonds is 5. The van der Waals surface area contributed by atoms with E-state index in [1.165, 1.54) is 0 Å². The van der Waals surface area contributed by atoms with E-state index in [0.29, 0.717) is 23.4 Å². The highest BCUT2D eigenvalue weighted by Gasteiger charge is 2.18. The lowest BCUT2D eigenvalue weighted by Gasteiger charge is -2.05. The van der Waals surface area contributed by atoms with Gasteiger partial charge in [0.2, 0.25) is 0 Å². The van der Waals surface area contributed by atoms with Crippen molar-refractivity contribution < 1.29 is 18.7 Å². The third-order valence-electron chi connectivity index (χ3n) is 4.25. The van der Waals surface area contributed by atoms with Crippen molar-refractivity contribution >= 4 is 22.8 Å². The van der Waals surface area contributed by atoms with Gasteiger partial charge in [-0.25, -0.2) is 0 Å². The molecule has 0 saturated heterocycles. The van der Waals surface area contributed by atoms with E-state index in [9.17, 15) is 9.59 Å². The molecule has 3 aromatic rings. The normalized spacial score (nSPS) is 10.6. The van der Waals surface area contributed by atoms with Crippen LogP contribution in [0.2, 0.25) is 0 Å². The average molecular weight is 352 g/mol. The fourth-order valence-electron chi connectivity index (χ4n) is 2.72. The van der Waals surface area contributed by atoms with Crippen LogP contribution in [0.5, 0.6) is 5.75 Å². The first-order chi connectivity index (χ1) is 12.5. The van der Waals surface area contributed by atoms with E-state index in [0.717, 1.165) is 16.5 Å². The predicted molar refractivity (Wildman–Crippen MR) is 98.5 cm³/mol. The average Bonchev–Trinajstić information content (AvgIpc) is 3.02. The molecule has 2 N–H and O–H groups in total. The van der Waals surface area contributed by atoms with Crippen LogP contribution in [0.3, 0.4) is 0 Å². The van der Waals surface area contributed by atoms with E-state index in [1.54, 1.807) is 50.6 Å². The molecule has 0 fully saturated rings. The van der Waals surface area contributed by atoms with E-state index in [-0.39, 0.29) is 17.6 Å². The molecule has 0 spiro atoms. The van der Waals surface area contributed by atoms with Gasteiger partial charge in [-0.15, -0.1) is 0 Å². The first kappa shape index (κ1) is 17.5. The van der Waals surface area contributed by atoms with Crippen molar-refractivity contribution in [2.45, 2.75) is 13.5 Å². The third-order valence-corrected chi connectivity index (χ3v) is 4.25. The number of aryl methyl sites for hydroxylation is 1. The maximum absolute atomic E-state index is 12.5. The predicted octanol–water partition coefficient (Wildman–Crippen LogP) is 3.04. The van der Waals surface area contributed by atoms with Crippen LogP contribution in [-0.2, 0) is 6.54 Å². The molecular formula is C20H20N2O4. The van der Waals surface area contributed by atoms with E-state index in [2.05, 4.69) is 10.6 Å². The molecule has 0 unspecified atom stereocenters. The standard InChI is InChI=1S/C20H20N2O4/c1-12-16-10-15(25-3)8-9-17(16)26-18(12)20(24)22-11-13-4-6-14(7-5-13)19(23)21-2/h4-10H,11H2,1-3H3,(H,21,23)(H,22,24). The molecule has 0 radical (unpaired) electrons. The Balaban J connectivity index is 1.73. The van der Waals surface area contributed by atoms with Crippen LogP contribution >= 0.6 is 0 Å². The summed E-state index contributed by atoms with van der Waals surface area (Å²) in [6.45, 7) is 2.19. The number of carbonyl (C=O) groups is 2. The first-order valence-electron chi connectivity index (χ1n) is 8.20. The lowest BCUT2D eigenvalue weighted by atomic mass is 10.1. The van der Waals surface area contributed by atoms with Gasteiger partial charge in [-0.3, -0.25) is 9.59 Å². The van der Waals surface area contributed by atoms with Gasteiger partial charge in [0, 0.05) is 30.1 Å². The molecule has 0 aliphatic heterocycles. The number of ether oxygens (including phenoxy) is 1. The second-order valence-corrected chi connectivity index (χ2v) is 5.88. The quantitative estimate of drug-likeness (QED) is 0.740. The molecule has 26 heavy (non-hydrogen) atoms. The van der Waals surface area contributed by atoms with E-state index in [1.807, 2.05) is 13.0 Å². The van der Waals surface area contributed by atoms with Crippen LogP contribution in [0.25, 0.3) is 11.0 Å². The van der Waals surface area contributed by atoms with Gasteiger partial charge in [0.05, 0.1) is 7.11 Å². The zero-order chi connectivity index (χ0) is 18.7. The number of nitrogens with one attached hydrogen (secondary N) is 2. The van der Waals surface area contributed by atoms with Crippen LogP contribution < -0.4 is 15.4 Å². The summed E-state index contributed by atoms with van der Waals surface area (Å²) >= 11 is 0. The highest BCUT2D eigenvalue weighted by Crippen LogP contribution is 2.28. The van der Waals surface area contributed by atoms with Gasteiger partial charge in [-0.2, -0.15) is 0 Å². The van der Waals surface area contributed by atoms with Crippen molar-refractivity contribution in [3.05, 3.63) is 64.9 Å². The van der Waals surface area contributed by atoms with E-state index >= 15 is 0 Å². The minimum Gasteiger partial charge on any atom is -0.497 e. The molecule has 3 rings (SSSR count). The summed E-state index contributed by atoms with van der Waals surface area (Å²) in [4.78, 5) is 24.0. The summed E-state index contributed by atoms with van der Waals surface area (Å²) in [5.41, 5.74) is 2.88. The zero-order valence-electron chi connectivity index (χ0n) is 14.9. The van der Waals surface area contributed by atoms with Crippen molar-refractivity contribution in [1.82, 2.24) is 10.6 Å². The zero-order valence-corrected chi connectivity index (χ0v) is 14.9. The highest BCUT2D eigenvalue weighted by molar-refractivity contribution is 5.99. The summed E-state index contributed by atoms with van der Waals surface area (Å²) in [5.74, 6) is 0.571. The van der Waals surface area contributed by atoms with Gasteiger partial charge in [-0.05, 0) is 42.8 Å². The number of hydrogen-bond donors (Lipinski definition) is 2. The van der Waals surface area contributed by atoms with Crippen molar-refractivity contribution in [3.8, 4) is 5.75 Å². The molecule has 6 heteroatoms. The molecule has 0 atom stereocenters. The molecule has 0 bridgehead atoms. The molecule has 0 saturated carbocycles. The second kappa shape index (κ2) is 7.31. The second-order valence-electron chi connectivity index (χ2n) is 5.88. The van der Waals surface area contributed by atoms with Crippen LogP contribution in [-0.4, -0.2) is 26.0 Å². The summed E-state index contributed by atoms with van der Waals surface area (Å²) in [5, 5.41) is 6.26. The molecule has 2 amide bonds. The maximum atomic E-state index is 12.5. The molecule has 134 valence electrons. The largest absolute Gasteiger partial charge is 0.497 e. The number of hydrogen-bond acceptors (Lipinski definition) is 4. The smallest absolute Gasteiger partial charge is 0.287 e. The summed E-state index contributed by atoms with van der Waals surface area (Å²) in [6, 6.07) is 12.5. The number of benzene rings is 2. The fraction of sp³-hybridized carbons (Fsp3) is 0.200. The molecule has 6 nitrogen and oxygen atoms in total. The molecule has 2 aromatic carbocycles. The van der Waals surface area contributed by atoms with E-state index in [4.69, 9.17) is 9.15 Å². The Labute approximate surface area is 151 Å². The monoisotopic (exact) mass is 352 g/mol. The van der Waals surface area contributed by atoms with Gasteiger partial charge in [0.15, 0.2) is 5.76 Å². The minimum absolute atomic E-state index is 0.145. The Kier molecular flexibility index (Phi) is 4.93. The van der Waals surface area contributed by atoms with Gasteiger partial charge >= 0.3 is 0 Å². The Hall–Kier alpha value is -3.28. The number of amides is 2. The SMILES string of the molecule is CNC(=O)c1ccc(CNC(=O)c2oc3ccc(OC)cc3c2C)cc1. The molecule has 0 aliphatic rings. The Bertz CT molecular complexity index is 958. The fourth-order valence-corrected chi connectivity index (χ4v) is 2.72. The van der Waals surface area contributed by atoms with Crippen molar-refractivity contribution in [2.75, 3.05) is 14.2 Å². The minimum atomic E-state index is -0.284. The van der Waals surface area contributed by atoms with E-state index < -0.39 is 0 Å². The maximum Gasteiger partial charge on any atom is 0.287 e. The highest BCUT2D eigenvalue weighted by atomic mass is 16.5. The van der Waals surface area contributed by atoms with Gasteiger partial charge in [0.25, 0.3) is 11.8 Å². The Morgan fingerprint density at radius 2 is 1.81 bits per heavy atom. The molecule has 1 aromatic heterocycles.